The van der Waals surface area contributed by atoms with Crippen LogP contribution in [-0.4, -0.2) is 20.9 Å². The van der Waals surface area contributed by atoms with Gasteiger partial charge in [-0.05, 0) is 94.0 Å². The van der Waals surface area contributed by atoms with Crippen LogP contribution in [0.4, 0.5) is 0 Å². The molecule has 5 aromatic carbocycles. The predicted octanol–water partition coefficient (Wildman–Crippen LogP) is 12.2. The van der Waals surface area contributed by atoms with Gasteiger partial charge in [-0.2, -0.15) is 5.26 Å². The fourth-order valence-corrected chi connectivity index (χ4v) is 7.35. The molecule has 2 aliphatic carbocycles. The number of hydrogen-bond donors (Lipinski definition) is 1. The van der Waals surface area contributed by atoms with Crippen LogP contribution in [0.5, 0.6) is 0 Å². The van der Waals surface area contributed by atoms with Gasteiger partial charge in [-0.25, -0.2) is 0 Å². The summed E-state index contributed by atoms with van der Waals surface area (Å²) < 4.78 is 0. The van der Waals surface area contributed by atoms with Crippen LogP contribution in [0.15, 0.2) is 127 Å². The van der Waals surface area contributed by atoms with Crippen molar-refractivity contribution in [2.45, 2.75) is 67.2 Å². The molecule has 1 N–H and O–H groups in total. The minimum absolute atomic E-state index is 0. The predicted molar refractivity (Wildman–Crippen MR) is 232 cm³/mol. The number of carbonyl (C=O) groups is 1. The Hall–Kier alpha value is -5.73. The van der Waals surface area contributed by atoms with Crippen LogP contribution in [0.2, 0.25) is 0 Å². The third-order valence-corrected chi connectivity index (χ3v) is 10.6. The van der Waals surface area contributed by atoms with E-state index in [0.717, 1.165) is 69.7 Å². The van der Waals surface area contributed by atoms with E-state index >= 15 is 0 Å². The van der Waals surface area contributed by atoms with Crippen LogP contribution in [0.1, 0.15) is 69.4 Å². The summed E-state index contributed by atoms with van der Waals surface area (Å²) in [4.78, 5) is 20.5. The molecule has 0 amide bonds. The number of aryl methyl sites for hydroxylation is 4. The Morgan fingerprint density at radius 2 is 1.43 bits per heavy atom. The monoisotopic (exact) mass is 938 g/mol. The number of nitriles is 1. The van der Waals surface area contributed by atoms with Gasteiger partial charge in [0.1, 0.15) is 5.76 Å². The molecule has 5 nitrogen and oxygen atoms in total. The minimum Gasteiger partial charge on any atom is -0.512 e. The van der Waals surface area contributed by atoms with Crippen LogP contribution in [0, 0.1) is 34.3 Å². The zero-order valence-electron chi connectivity index (χ0n) is 33.9. The molecular formula is C52H47IrN3O2-2. The Bertz CT molecular complexity index is 2600. The first-order valence-corrected chi connectivity index (χ1v) is 19.6. The number of allylic oxidation sites excluding steroid dienone is 2. The summed E-state index contributed by atoms with van der Waals surface area (Å²) in [5.41, 5.74) is 12.6. The van der Waals surface area contributed by atoms with Crippen molar-refractivity contribution >= 4 is 27.3 Å². The third-order valence-electron chi connectivity index (χ3n) is 10.6. The van der Waals surface area contributed by atoms with E-state index in [4.69, 9.17) is 4.98 Å². The van der Waals surface area contributed by atoms with Crippen molar-refractivity contribution < 1.29 is 30.0 Å². The molecule has 58 heavy (non-hydrogen) atoms. The zero-order valence-corrected chi connectivity index (χ0v) is 36.3. The second-order valence-electron chi connectivity index (χ2n) is 16.8. The van der Waals surface area contributed by atoms with Gasteiger partial charge in [0.2, 0.25) is 0 Å². The number of rotatable bonds is 3. The molecule has 0 saturated heterocycles. The van der Waals surface area contributed by atoms with Crippen molar-refractivity contribution in [2.75, 3.05) is 0 Å². The number of hydrogen-bond acceptors (Lipinski definition) is 5. The smallest absolute Gasteiger partial charge is 0.164 e. The Balaban J connectivity index is 0.000000181. The van der Waals surface area contributed by atoms with Crippen LogP contribution < -0.4 is 0 Å². The van der Waals surface area contributed by atoms with Crippen molar-refractivity contribution in [1.29, 1.82) is 5.26 Å². The molecule has 0 unspecified atom stereocenters. The number of nitrogens with zero attached hydrogens (tertiary/aromatic N) is 3. The first kappa shape index (κ1) is 41.9. The molecule has 0 atom stereocenters. The summed E-state index contributed by atoms with van der Waals surface area (Å²) in [6.07, 6.45) is 9.30. The number of aliphatic hydroxyl groups excluding tert-OH is 1. The second-order valence-corrected chi connectivity index (χ2v) is 16.8. The van der Waals surface area contributed by atoms with Crippen LogP contribution in [0.3, 0.4) is 0 Å². The Morgan fingerprint density at radius 1 is 0.707 bits per heavy atom. The fraction of sp³-hybridized carbons (Fsp3) is 0.231. The molecule has 2 aromatic heterocycles. The Kier molecular flexibility index (Phi) is 12.6. The SMILES string of the molecule is CC(C)(C)C(=O)/C=C(\O)C(C)(C)C.N#Cc1ccc2ccc3c(-c4[c-]c5c6c(c4)CCc4cccc(c4-6)CC5)nccc3c2c1.[Ir].[c-]1ccccc1-c1ccccn1. The maximum atomic E-state index is 11.5. The number of aliphatic hydroxyl groups is 1. The number of fused-ring (bicyclic) bond motifs is 3. The molecule has 2 aliphatic rings. The van der Waals surface area contributed by atoms with Gasteiger partial charge >= 0.3 is 0 Å². The molecule has 0 bridgehead atoms. The molecule has 7 aromatic rings. The molecule has 0 saturated carbocycles. The van der Waals surface area contributed by atoms with E-state index in [9.17, 15) is 15.2 Å². The quantitative estimate of drug-likeness (QED) is 0.0825. The van der Waals surface area contributed by atoms with E-state index < -0.39 is 5.41 Å². The topological polar surface area (TPSA) is 86.9 Å². The molecule has 0 fully saturated rings. The van der Waals surface area contributed by atoms with Gasteiger partial charge in [0.15, 0.2) is 5.78 Å². The average Bonchev–Trinajstić information content (AvgIpc) is 3.22. The van der Waals surface area contributed by atoms with Crippen molar-refractivity contribution in [3.8, 4) is 39.7 Å². The summed E-state index contributed by atoms with van der Waals surface area (Å²) in [5.74, 6) is 0.104. The van der Waals surface area contributed by atoms with Gasteiger partial charge < -0.3 is 15.1 Å². The summed E-state index contributed by atoms with van der Waals surface area (Å²) in [6, 6.07) is 44.2. The molecule has 293 valence electrons. The van der Waals surface area contributed by atoms with Crippen molar-refractivity contribution in [3.05, 3.63) is 167 Å². The van der Waals surface area contributed by atoms with Gasteiger partial charge in [0, 0.05) is 49.4 Å². The Morgan fingerprint density at radius 3 is 2.10 bits per heavy atom. The van der Waals surface area contributed by atoms with E-state index in [0.29, 0.717) is 5.56 Å². The summed E-state index contributed by atoms with van der Waals surface area (Å²) in [6.45, 7) is 11.1. The van der Waals surface area contributed by atoms with Crippen molar-refractivity contribution in [2.24, 2.45) is 10.8 Å². The third kappa shape index (κ3) is 9.03. The van der Waals surface area contributed by atoms with E-state index in [-0.39, 0.29) is 37.1 Å². The van der Waals surface area contributed by atoms with E-state index in [1.165, 1.54) is 39.5 Å². The maximum absolute atomic E-state index is 11.5. The first-order valence-electron chi connectivity index (χ1n) is 19.6. The number of pyridine rings is 2. The second kappa shape index (κ2) is 17.4. The summed E-state index contributed by atoms with van der Waals surface area (Å²) in [7, 11) is 0. The van der Waals surface area contributed by atoms with E-state index in [1.54, 1.807) is 6.20 Å². The molecule has 2 heterocycles. The molecule has 6 heteroatoms. The normalized spacial score (nSPS) is 12.8. The molecule has 0 spiro atoms. The number of aromatic nitrogens is 2. The van der Waals surface area contributed by atoms with Crippen molar-refractivity contribution in [3.63, 3.8) is 0 Å². The minimum atomic E-state index is -0.417. The average molecular weight is 938 g/mol. The van der Waals surface area contributed by atoms with E-state index in [2.05, 4.69) is 65.7 Å². The van der Waals surface area contributed by atoms with Gasteiger partial charge in [0.25, 0.3) is 0 Å². The van der Waals surface area contributed by atoms with Crippen LogP contribution in [0.25, 0.3) is 55.2 Å². The summed E-state index contributed by atoms with van der Waals surface area (Å²) in [5, 5.41) is 23.4. The van der Waals surface area contributed by atoms with E-state index in [1.807, 2.05) is 108 Å². The molecule has 9 rings (SSSR count). The first-order chi connectivity index (χ1) is 27.3. The standard InChI is InChI=1S/C30H19N2.C11H8N.C11H20O2.Ir/c31-17-18-4-5-19-10-11-26-25(27(19)14-18)12-13-32-30(26)24-15-22-8-6-20-2-1-3-21-7-9-23(16-24)29(22)28(20)21;1-2-6-10(7-3-1)11-8-4-5-9-12-11;1-10(2,3)8(12)7-9(13)11(4,5)6;/h1-5,10-15H,6-9H2;1-6,8-9H;7,12H,1-6H3;/q2*-1;;/b;;8-7-;. The van der Waals surface area contributed by atoms with Gasteiger partial charge in [0.05, 0.1) is 11.6 Å². The maximum Gasteiger partial charge on any atom is 0.164 e. The largest absolute Gasteiger partial charge is 0.512 e. The fourth-order valence-electron chi connectivity index (χ4n) is 7.35. The van der Waals surface area contributed by atoms with Crippen LogP contribution >= 0.6 is 0 Å². The van der Waals surface area contributed by atoms with Crippen molar-refractivity contribution in [1.82, 2.24) is 9.97 Å². The molecule has 0 aliphatic heterocycles. The molecular weight excluding hydrogens is 891 g/mol. The van der Waals surface area contributed by atoms with Crippen LogP contribution in [-0.2, 0) is 50.6 Å². The van der Waals surface area contributed by atoms with Gasteiger partial charge in [-0.15, -0.1) is 64.7 Å². The number of ketones is 1. The summed E-state index contributed by atoms with van der Waals surface area (Å²) >= 11 is 0. The molecule has 1 radical (unpaired) electrons. The Labute approximate surface area is 355 Å². The zero-order chi connectivity index (χ0) is 40.3. The van der Waals surface area contributed by atoms with Gasteiger partial charge in [-0.1, -0.05) is 101 Å². The van der Waals surface area contributed by atoms with Gasteiger partial charge in [-0.3, -0.25) is 4.79 Å². The number of benzene rings is 5. The number of carbonyl (C=O) groups excluding carboxylic acids is 1.